The van der Waals surface area contributed by atoms with Gasteiger partial charge >= 0.3 is 0 Å². The van der Waals surface area contributed by atoms with Crippen LogP contribution in [0, 0.1) is 0 Å². The van der Waals surface area contributed by atoms with Crippen molar-refractivity contribution in [2.24, 2.45) is 0 Å². The normalized spacial score (nSPS) is 12.4. The minimum atomic E-state index is 0.379. The monoisotopic (exact) mass is 383 g/mol. The fourth-order valence-electron chi connectivity index (χ4n) is 3.18. The van der Waals surface area contributed by atoms with Gasteiger partial charge in [0.05, 0.1) is 0 Å². The molecule has 0 aromatic heterocycles. The van der Waals surface area contributed by atoms with Crippen molar-refractivity contribution in [2.75, 3.05) is 12.3 Å². The molecule has 1 nitrogen and oxygen atoms in total. The number of benzene rings is 3. The summed E-state index contributed by atoms with van der Waals surface area (Å²) in [5, 5.41) is 7.16. The molecule has 3 aromatic carbocycles. The van der Waals surface area contributed by atoms with E-state index in [4.69, 9.17) is 11.6 Å². The Balaban J connectivity index is 1.36. The Kier molecular flexibility index (Phi) is 7.43. The second-order valence-corrected chi connectivity index (χ2v) is 8.21. The smallest absolute Gasteiger partial charge is 0.0406 e. The summed E-state index contributed by atoms with van der Waals surface area (Å²) in [6, 6.07) is 23.7. The number of rotatable bonds is 9. The van der Waals surface area contributed by atoms with E-state index in [0.29, 0.717) is 6.04 Å². The van der Waals surface area contributed by atoms with Crippen LogP contribution in [0.3, 0.4) is 0 Å². The second-order valence-electron chi connectivity index (χ2n) is 6.61. The third-order valence-corrected chi connectivity index (χ3v) is 5.99. The summed E-state index contributed by atoms with van der Waals surface area (Å²) in [5.41, 5.74) is 1.39. The summed E-state index contributed by atoms with van der Waals surface area (Å²) in [6.07, 6.45) is 3.73. The molecule has 3 rings (SSSR count). The summed E-state index contributed by atoms with van der Waals surface area (Å²) in [7, 11) is 0. The van der Waals surface area contributed by atoms with Crippen LogP contribution in [-0.4, -0.2) is 12.3 Å². The summed E-state index contributed by atoms with van der Waals surface area (Å²) >= 11 is 7.83. The lowest BCUT2D eigenvalue weighted by Gasteiger charge is -2.16. The lowest BCUT2D eigenvalue weighted by molar-refractivity contribution is 0.547. The fourth-order valence-corrected chi connectivity index (χ4v) is 4.22. The number of nitrogens with one attached hydrogen (secondary N) is 1. The van der Waals surface area contributed by atoms with Gasteiger partial charge in [-0.25, -0.2) is 0 Å². The largest absolute Gasteiger partial charge is 0.310 e. The van der Waals surface area contributed by atoms with Gasteiger partial charge in [-0.2, -0.15) is 0 Å². The molecular formula is C23H26ClNS. The van der Waals surface area contributed by atoms with Crippen molar-refractivity contribution in [3.05, 3.63) is 77.3 Å². The van der Waals surface area contributed by atoms with E-state index < -0.39 is 0 Å². The molecule has 1 N–H and O–H groups in total. The van der Waals surface area contributed by atoms with Crippen LogP contribution >= 0.6 is 23.4 Å². The Labute approximate surface area is 166 Å². The first-order chi connectivity index (χ1) is 12.7. The summed E-state index contributed by atoms with van der Waals surface area (Å²) in [4.78, 5) is 1.30. The first-order valence-corrected chi connectivity index (χ1v) is 10.7. The van der Waals surface area contributed by atoms with Crippen LogP contribution in [0.5, 0.6) is 0 Å². The van der Waals surface area contributed by atoms with Crippen molar-refractivity contribution in [3.8, 4) is 0 Å². The molecule has 3 aromatic rings. The Morgan fingerprint density at radius 2 is 1.65 bits per heavy atom. The highest BCUT2D eigenvalue weighted by atomic mass is 35.5. The van der Waals surface area contributed by atoms with Crippen molar-refractivity contribution >= 4 is 34.1 Å². The molecule has 136 valence electrons. The van der Waals surface area contributed by atoms with Crippen LogP contribution in [-0.2, 0) is 0 Å². The fraction of sp³-hybridized carbons (Fsp3) is 0.304. The van der Waals surface area contributed by atoms with E-state index in [9.17, 15) is 0 Å². The minimum absolute atomic E-state index is 0.379. The maximum atomic E-state index is 5.92. The van der Waals surface area contributed by atoms with Gasteiger partial charge in [0.25, 0.3) is 0 Å². The van der Waals surface area contributed by atoms with Crippen LogP contribution < -0.4 is 5.32 Å². The van der Waals surface area contributed by atoms with Crippen LogP contribution in [0.15, 0.2) is 71.6 Å². The van der Waals surface area contributed by atoms with Gasteiger partial charge in [-0.15, -0.1) is 11.8 Å². The van der Waals surface area contributed by atoms with Gasteiger partial charge in [-0.05, 0) is 72.7 Å². The van der Waals surface area contributed by atoms with Crippen molar-refractivity contribution in [1.82, 2.24) is 5.32 Å². The first kappa shape index (κ1) is 19.3. The molecule has 26 heavy (non-hydrogen) atoms. The molecule has 0 saturated heterocycles. The predicted molar refractivity (Wildman–Crippen MR) is 116 cm³/mol. The number of hydrogen-bond donors (Lipinski definition) is 1. The maximum Gasteiger partial charge on any atom is 0.0406 e. The Hall–Kier alpha value is -1.48. The van der Waals surface area contributed by atoms with Gasteiger partial charge < -0.3 is 5.32 Å². The van der Waals surface area contributed by atoms with E-state index in [-0.39, 0.29) is 0 Å². The third kappa shape index (κ3) is 5.51. The molecule has 0 aliphatic rings. The SMILES string of the molecule is C[C@@H](NCCCCCSc1ccc(Cl)cc1)c1cccc2ccccc12. The average Bonchev–Trinajstić information content (AvgIpc) is 2.68. The Morgan fingerprint density at radius 1 is 0.885 bits per heavy atom. The van der Waals surface area contributed by atoms with E-state index in [1.54, 1.807) is 0 Å². The number of halogens is 1. The van der Waals surface area contributed by atoms with Gasteiger partial charge in [0, 0.05) is 16.0 Å². The van der Waals surface area contributed by atoms with Crippen LogP contribution in [0.25, 0.3) is 10.8 Å². The van der Waals surface area contributed by atoms with Crippen LogP contribution in [0.1, 0.15) is 37.8 Å². The molecule has 0 amide bonds. The van der Waals surface area contributed by atoms with Gasteiger partial charge in [-0.1, -0.05) is 60.5 Å². The standard InChI is InChI=1S/C23H26ClNS/c1-18(22-11-7-9-19-8-3-4-10-23(19)22)25-16-5-2-6-17-26-21-14-12-20(24)13-15-21/h3-4,7-15,18,25H,2,5-6,16-17H2,1H3/t18-/m1/s1. The maximum absolute atomic E-state index is 5.92. The molecule has 0 unspecified atom stereocenters. The molecular weight excluding hydrogens is 358 g/mol. The molecule has 0 saturated carbocycles. The highest BCUT2D eigenvalue weighted by molar-refractivity contribution is 7.99. The third-order valence-electron chi connectivity index (χ3n) is 4.64. The van der Waals surface area contributed by atoms with Gasteiger partial charge in [-0.3, -0.25) is 0 Å². The van der Waals surface area contributed by atoms with E-state index in [0.717, 1.165) is 11.6 Å². The molecule has 0 fully saturated rings. The zero-order valence-electron chi connectivity index (χ0n) is 15.2. The molecule has 0 bridgehead atoms. The average molecular weight is 384 g/mol. The summed E-state index contributed by atoms with van der Waals surface area (Å²) in [6.45, 7) is 3.33. The lowest BCUT2D eigenvalue weighted by Crippen LogP contribution is -2.20. The molecule has 0 radical (unpaired) electrons. The first-order valence-electron chi connectivity index (χ1n) is 9.33. The second kappa shape index (κ2) is 10.0. The molecule has 3 heteroatoms. The zero-order chi connectivity index (χ0) is 18.2. The summed E-state index contributed by atoms with van der Waals surface area (Å²) < 4.78 is 0. The number of unbranched alkanes of at least 4 members (excludes halogenated alkanes) is 2. The number of fused-ring (bicyclic) bond motifs is 1. The van der Waals surface area contributed by atoms with E-state index in [2.05, 4.69) is 66.8 Å². The highest BCUT2D eigenvalue weighted by Crippen LogP contribution is 2.24. The Bertz CT molecular complexity index is 811. The molecule has 0 spiro atoms. The number of thioether (sulfide) groups is 1. The topological polar surface area (TPSA) is 12.0 Å². The lowest BCUT2D eigenvalue weighted by atomic mass is 9.99. The quantitative estimate of drug-likeness (QED) is 0.312. The molecule has 0 heterocycles. The highest BCUT2D eigenvalue weighted by Gasteiger charge is 2.08. The molecule has 0 aliphatic heterocycles. The molecule has 0 aliphatic carbocycles. The van der Waals surface area contributed by atoms with Crippen molar-refractivity contribution in [1.29, 1.82) is 0 Å². The predicted octanol–water partition coefficient (Wildman–Crippen LogP) is 7.11. The zero-order valence-corrected chi connectivity index (χ0v) is 16.8. The van der Waals surface area contributed by atoms with E-state index >= 15 is 0 Å². The van der Waals surface area contributed by atoms with Gasteiger partial charge in [0.1, 0.15) is 0 Å². The Morgan fingerprint density at radius 3 is 2.50 bits per heavy atom. The van der Waals surface area contributed by atoms with E-state index in [1.807, 2.05) is 23.9 Å². The van der Waals surface area contributed by atoms with Gasteiger partial charge in [0.2, 0.25) is 0 Å². The minimum Gasteiger partial charge on any atom is -0.310 e. The number of hydrogen-bond acceptors (Lipinski definition) is 2. The van der Waals surface area contributed by atoms with Crippen LogP contribution in [0.2, 0.25) is 5.02 Å². The summed E-state index contributed by atoms with van der Waals surface area (Å²) in [5.74, 6) is 1.17. The van der Waals surface area contributed by atoms with Gasteiger partial charge in [0.15, 0.2) is 0 Å². The van der Waals surface area contributed by atoms with Crippen molar-refractivity contribution < 1.29 is 0 Å². The van der Waals surface area contributed by atoms with E-state index in [1.165, 1.54) is 46.2 Å². The molecule has 1 atom stereocenters. The van der Waals surface area contributed by atoms with Crippen molar-refractivity contribution in [3.63, 3.8) is 0 Å². The van der Waals surface area contributed by atoms with Crippen LogP contribution in [0.4, 0.5) is 0 Å². The van der Waals surface area contributed by atoms with Crippen molar-refractivity contribution in [2.45, 2.75) is 37.1 Å².